The first-order valence-corrected chi connectivity index (χ1v) is 6.32. The summed E-state index contributed by atoms with van der Waals surface area (Å²) in [5.41, 5.74) is 1.33. The molecule has 0 aliphatic carbocycles. The summed E-state index contributed by atoms with van der Waals surface area (Å²) in [5.74, 6) is 0.0904. The molecular weight excluding hydrogens is 212 g/mol. The number of hydrogen-bond donors (Lipinski definition) is 0. The molecule has 0 aliphatic rings. The number of benzene rings is 1. The van der Waals surface area contributed by atoms with E-state index in [2.05, 4.69) is 6.92 Å². The van der Waals surface area contributed by atoms with Crippen molar-refractivity contribution < 1.29 is 9.53 Å². The zero-order valence-electron chi connectivity index (χ0n) is 11.2. The maximum Gasteiger partial charge on any atom is 0.194 e. The van der Waals surface area contributed by atoms with Gasteiger partial charge in [0.25, 0.3) is 0 Å². The molecule has 0 atom stereocenters. The van der Waals surface area contributed by atoms with Crippen LogP contribution in [0.2, 0.25) is 0 Å². The largest absolute Gasteiger partial charge is 0.370 e. The molecule has 0 bridgehead atoms. The van der Waals surface area contributed by atoms with Crippen molar-refractivity contribution in [2.24, 2.45) is 0 Å². The Bertz CT molecular complexity index is 353. The number of Topliss-reactive ketones (excluding diaryl/α,β-unsaturated/α-hetero) is 1. The van der Waals surface area contributed by atoms with Crippen LogP contribution in [-0.4, -0.2) is 18.5 Å². The topological polar surface area (TPSA) is 26.3 Å². The molecule has 0 unspecified atom stereocenters. The Balaban J connectivity index is 3.01. The van der Waals surface area contributed by atoms with E-state index in [1.807, 2.05) is 38.1 Å². The lowest BCUT2D eigenvalue weighted by molar-refractivity contribution is -0.00261. The standard InChI is InChI=1S/C15H22O2/c1-5-12-8-10-13(11-9-12)14(16)15(6-2,7-3)17-4/h8-11H,5-7H2,1-4H3. The van der Waals surface area contributed by atoms with Gasteiger partial charge in [0.2, 0.25) is 0 Å². The van der Waals surface area contributed by atoms with E-state index < -0.39 is 5.60 Å². The minimum absolute atomic E-state index is 0.0904. The highest BCUT2D eigenvalue weighted by Crippen LogP contribution is 2.25. The van der Waals surface area contributed by atoms with Gasteiger partial charge in [-0.2, -0.15) is 0 Å². The van der Waals surface area contributed by atoms with Gasteiger partial charge >= 0.3 is 0 Å². The number of methoxy groups -OCH3 is 1. The SMILES string of the molecule is CCc1ccc(C(=O)C(CC)(CC)OC)cc1. The third-order valence-corrected chi connectivity index (χ3v) is 3.57. The predicted molar refractivity (Wildman–Crippen MR) is 70.5 cm³/mol. The third-order valence-electron chi connectivity index (χ3n) is 3.57. The molecule has 1 aromatic rings. The Morgan fingerprint density at radius 1 is 1.12 bits per heavy atom. The molecule has 1 rings (SSSR count). The van der Waals surface area contributed by atoms with E-state index in [1.54, 1.807) is 7.11 Å². The number of ether oxygens (including phenoxy) is 1. The summed E-state index contributed by atoms with van der Waals surface area (Å²) in [5, 5.41) is 0. The average molecular weight is 234 g/mol. The van der Waals surface area contributed by atoms with Crippen LogP contribution in [0.15, 0.2) is 24.3 Å². The number of carbonyl (C=O) groups is 1. The average Bonchev–Trinajstić information content (AvgIpc) is 2.41. The molecule has 0 aromatic heterocycles. The van der Waals surface area contributed by atoms with Gasteiger partial charge in [-0.15, -0.1) is 0 Å². The summed E-state index contributed by atoms with van der Waals surface area (Å²) in [6.45, 7) is 6.09. The number of rotatable bonds is 6. The monoisotopic (exact) mass is 234 g/mol. The fraction of sp³-hybridized carbons (Fsp3) is 0.533. The van der Waals surface area contributed by atoms with Crippen molar-refractivity contribution in [1.29, 1.82) is 0 Å². The highest BCUT2D eigenvalue weighted by molar-refractivity contribution is 6.02. The molecule has 0 saturated carbocycles. The van der Waals surface area contributed by atoms with Crippen LogP contribution in [-0.2, 0) is 11.2 Å². The van der Waals surface area contributed by atoms with Gasteiger partial charge in [0.1, 0.15) is 5.60 Å². The molecule has 0 spiro atoms. The van der Waals surface area contributed by atoms with Crippen LogP contribution >= 0.6 is 0 Å². The number of aryl methyl sites for hydroxylation is 1. The van der Waals surface area contributed by atoms with Gasteiger partial charge in [-0.25, -0.2) is 0 Å². The van der Waals surface area contributed by atoms with Gasteiger partial charge in [0.05, 0.1) is 0 Å². The first-order valence-electron chi connectivity index (χ1n) is 6.32. The van der Waals surface area contributed by atoms with E-state index in [4.69, 9.17) is 4.74 Å². The first-order chi connectivity index (χ1) is 8.13. The van der Waals surface area contributed by atoms with Crippen LogP contribution in [0.4, 0.5) is 0 Å². The summed E-state index contributed by atoms with van der Waals surface area (Å²) in [7, 11) is 1.62. The lowest BCUT2D eigenvalue weighted by atomic mass is 9.87. The molecule has 0 radical (unpaired) electrons. The summed E-state index contributed by atoms with van der Waals surface area (Å²) in [4.78, 5) is 12.4. The van der Waals surface area contributed by atoms with Gasteiger partial charge < -0.3 is 4.74 Å². The van der Waals surface area contributed by atoms with Gasteiger partial charge in [0, 0.05) is 12.7 Å². The van der Waals surface area contributed by atoms with Gasteiger partial charge in [0.15, 0.2) is 5.78 Å². The Hall–Kier alpha value is -1.15. The van der Waals surface area contributed by atoms with Crippen molar-refractivity contribution in [2.75, 3.05) is 7.11 Å². The van der Waals surface area contributed by atoms with Crippen molar-refractivity contribution in [3.63, 3.8) is 0 Å². The molecule has 1 aromatic carbocycles. The van der Waals surface area contributed by atoms with Crippen molar-refractivity contribution in [3.8, 4) is 0 Å². The van der Waals surface area contributed by atoms with E-state index in [9.17, 15) is 4.79 Å². The molecule has 0 fully saturated rings. The number of ketones is 1. The van der Waals surface area contributed by atoms with Crippen LogP contribution in [0.3, 0.4) is 0 Å². The van der Waals surface area contributed by atoms with Crippen molar-refractivity contribution in [3.05, 3.63) is 35.4 Å². The molecule has 17 heavy (non-hydrogen) atoms. The van der Waals surface area contributed by atoms with Gasteiger partial charge in [-0.05, 0) is 24.8 Å². The van der Waals surface area contributed by atoms with E-state index in [0.29, 0.717) is 12.8 Å². The second kappa shape index (κ2) is 5.97. The highest BCUT2D eigenvalue weighted by atomic mass is 16.5. The molecule has 0 aliphatic heterocycles. The van der Waals surface area contributed by atoms with E-state index in [0.717, 1.165) is 12.0 Å². The van der Waals surface area contributed by atoms with Crippen LogP contribution in [0.5, 0.6) is 0 Å². The second-order valence-electron chi connectivity index (χ2n) is 4.29. The molecule has 2 heteroatoms. The van der Waals surface area contributed by atoms with E-state index in [1.165, 1.54) is 5.56 Å². The molecule has 0 saturated heterocycles. The maximum atomic E-state index is 12.4. The summed E-state index contributed by atoms with van der Waals surface area (Å²) in [6, 6.07) is 7.83. The smallest absolute Gasteiger partial charge is 0.194 e. The Labute approximate surface area is 104 Å². The quantitative estimate of drug-likeness (QED) is 0.702. The van der Waals surface area contributed by atoms with E-state index >= 15 is 0 Å². The fourth-order valence-electron chi connectivity index (χ4n) is 2.11. The Morgan fingerprint density at radius 3 is 2.00 bits per heavy atom. The van der Waals surface area contributed by atoms with Crippen LogP contribution in [0.25, 0.3) is 0 Å². The van der Waals surface area contributed by atoms with Crippen molar-refractivity contribution in [1.82, 2.24) is 0 Å². The van der Waals surface area contributed by atoms with Crippen LogP contribution < -0.4 is 0 Å². The summed E-state index contributed by atoms with van der Waals surface area (Å²) in [6.07, 6.45) is 2.40. The Morgan fingerprint density at radius 2 is 1.65 bits per heavy atom. The normalized spacial score (nSPS) is 11.5. The van der Waals surface area contributed by atoms with Gasteiger partial charge in [-0.1, -0.05) is 45.0 Å². The fourth-order valence-corrected chi connectivity index (χ4v) is 2.11. The molecule has 0 amide bonds. The maximum absolute atomic E-state index is 12.4. The number of carbonyl (C=O) groups excluding carboxylic acids is 1. The second-order valence-corrected chi connectivity index (χ2v) is 4.29. The lowest BCUT2D eigenvalue weighted by Gasteiger charge is -2.28. The minimum atomic E-state index is -0.659. The summed E-state index contributed by atoms with van der Waals surface area (Å²) < 4.78 is 5.46. The van der Waals surface area contributed by atoms with Crippen molar-refractivity contribution >= 4 is 5.78 Å². The molecule has 0 N–H and O–H groups in total. The van der Waals surface area contributed by atoms with Gasteiger partial charge in [-0.3, -0.25) is 4.79 Å². The molecule has 94 valence electrons. The summed E-state index contributed by atoms with van der Waals surface area (Å²) >= 11 is 0. The minimum Gasteiger partial charge on any atom is -0.370 e. The van der Waals surface area contributed by atoms with Crippen LogP contribution in [0.1, 0.15) is 49.5 Å². The highest BCUT2D eigenvalue weighted by Gasteiger charge is 2.35. The lowest BCUT2D eigenvalue weighted by Crippen LogP contribution is -2.39. The zero-order valence-corrected chi connectivity index (χ0v) is 11.2. The first kappa shape index (κ1) is 13.9. The van der Waals surface area contributed by atoms with E-state index in [-0.39, 0.29) is 5.78 Å². The molecule has 2 nitrogen and oxygen atoms in total. The number of hydrogen-bond acceptors (Lipinski definition) is 2. The zero-order chi connectivity index (χ0) is 12.9. The molecular formula is C15H22O2. The molecule has 0 heterocycles. The van der Waals surface area contributed by atoms with Crippen molar-refractivity contribution in [2.45, 2.75) is 45.6 Å². The third kappa shape index (κ3) is 2.75. The Kier molecular flexibility index (Phi) is 4.88. The van der Waals surface area contributed by atoms with Crippen LogP contribution in [0, 0.1) is 0 Å². The predicted octanol–water partition coefficient (Wildman–Crippen LogP) is 3.64.